The molecule has 0 amide bonds. The van der Waals surface area contributed by atoms with Gasteiger partial charge in [-0.3, -0.25) is 0 Å². The number of methoxy groups -OCH3 is 1. The van der Waals surface area contributed by atoms with Gasteiger partial charge in [-0.15, -0.1) is 0 Å². The molecule has 0 unspecified atom stereocenters. The maximum atomic E-state index is 5.47. The molecule has 0 fully saturated rings. The smallest absolute Gasteiger partial charge is 0.229 e. The number of nitrogens with two attached hydrogens (primary N) is 1. The Hall–Kier alpha value is -1.33. The summed E-state index contributed by atoms with van der Waals surface area (Å²) in [6.07, 6.45) is 1.55. The van der Waals surface area contributed by atoms with Crippen LogP contribution in [0.25, 0.3) is 11.5 Å². The molecule has 1 aromatic carbocycles. The summed E-state index contributed by atoms with van der Waals surface area (Å²) < 4.78 is 11.5. The monoisotopic (exact) mass is 282 g/mol. The molecule has 2 N–H and O–H groups in total. The zero-order valence-electron chi connectivity index (χ0n) is 8.74. The highest BCUT2D eigenvalue weighted by Crippen LogP contribution is 2.31. The fraction of sp³-hybridized carbons (Fsp3) is 0.182. The van der Waals surface area contributed by atoms with Crippen molar-refractivity contribution in [3.8, 4) is 17.2 Å². The molecule has 84 valence electrons. The van der Waals surface area contributed by atoms with E-state index in [0.29, 0.717) is 18.2 Å². The van der Waals surface area contributed by atoms with Crippen molar-refractivity contribution in [2.75, 3.05) is 7.11 Å². The Balaban J connectivity index is 2.46. The number of benzene rings is 1. The minimum Gasteiger partial charge on any atom is -0.496 e. The van der Waals surface area contributed by atoms with Gasteiger partial charge in [0.15, 0.2) is 0 Å². The third-order valence-corrected chi connectivity index (χ3v) is 2.65. The number of rotatable bonds is 3. The number of oxazole rings is 1. The number of aromatic nitrogens is 1. The van der Waals surface area contributed by atoms with Gasteiger partial charge < -0.3 is 14.9 Å². The Morgan fingerprint density at radius 1 is 1.50 bits per heavy atom. The Bertz CT molecular complexity index is 496. The molecule has 0 spiro atoms. The van der Waals surface area contributed by atoms with Gasteiger partial charge >= 0.3 is 0 Å². The highest BCUT2D eigenvalue weighted by Gasteiger charge is 2.11. The van der Waals surface area contributed by atoms with E-state index < -0.39 is 0 Å². The maximum absolute atomic E-state index is 5.47. The number of ether oxygens (including phenoxy) is 1. The summed E-state index contributed by atoms with van der Waals surface area (Å²) in [5, 5.41) is 0. The van der Waals surface area contributed by atoms with Crippen molar-refractivity contribution in [2.45, 2.75) is 6.54 Å². The van der Waals surface area contributed by atoms with Crippen LogP contribution >= 0.6 is 15.9 Å². The van der Waals surface area contributed by atoms with Gasteiger partial charge in [-0.1, -0.05) is 15.9 Å². The van der Waals surface area contributed by atoms with Crippen LogP contribution in [0.15, 0.2) is 33.4 Å². The van der Waals surface area contributed by atoms with Crippen LogP contribution in [-0.2, 0) is 6.54 Å². The molecule has 1 heterocycles. The Kier molecular flexibility index (Phi) is 3.26. The first-order valence-electron chi connectivity index (χ1n) is 4.73. The van der Waals surface area contributed by atoms with E-state index in [1.54, 1.807) is 13.4 Å². The molecule has 2 rings (SSSR count). The Morgan fingerprint density at radius 3 is 2.94 bits per heavy atom. The zero-order chi connectivity index (χ0) is 11.5. The lowest BCUT2D eigenvalue weighted by atomic mass is 10.2. The molecule has 0 atom stereocenters. The highest BCUT2D eigenvalue weighted by atomic mass is 79.9. The van der Waals surface area contributed by atoms with Crippen molar-refractivity contribution in [3.63, 3.8) is 0 Å². The summed E-state index contributed by atoms with van der Waals surface area (Å²) in [7, 11) is 1.61. The molecular formula is C11H11BrN2O2. The van der Waals surface area contributed by atoms with Gasteiger partial charge in [0, 0.05) is 11.0 Å². The molecule has 5 heteroatoms. The molecule has 0 bridgehead atoms. The van der Waals surface area contributed by atoms with E-state index >= 15 is 0 Å². The Morgan fingerprint density at radius 2 is 2.31 bits per heavy atom. The van der Waals surface area contributed by atoms with Crippen molar-refractivity contribution in [1.29, 1.82) is 0 Å². The third kappa shape index (κ3) is 2.10. The van der Waals surface area contributed by atoms with Crippen LogP contribution in [0.4, 0.5) is 0 Å². The van der Waals surface area contributed by atoms with E-state index in [4.69, 9.17) is 14.9 Å². The minimum atomic E-state index is 0.363. The topological polar surface area (TPSA) is 61.3 Å². The largest absolute Gasteiger partial charge is 0.496 e. The lowest BCUT2D eigenvalue weighted by molar-refractivity contribution is 0.414. The van der Waals surface area contributed by atoms with Crippen LogP contribution in [-0.4, -0.2) is 12.1 Å². The normalized spacial score (nSPS) is 10.4. The molecule has 2 aromatic rings. The maximum Gasteiger partial charge on any atom is 0.229 e. The molecule has 0 radical (unpaired) electrons. The van der Waals surface area contributed by atoms with Gasteiger partial charge in [0.1, 0.15) is 12.0 Å². The average molecular weight is 283 g/mol. The van der Waals surface area contributed by atoms with Crippen LogP contribution in [0.1, 0.15) is 5.69 Å². The zero-order valence-corrected chi connectivity index (χ0v) is 10.3. The second-order valence-electron chi connectivity index (χ2n) is 3.19. The number of hydrogen-bond donors (Lipinski definition) is 1. The molecule has 16 heavy (non-hydrogen) atoms. The standard InChI is InChI=1S/C11H11BrN2O2/c1-15-10-4-7(12)2-3-9(10)11-14-8(5-13)6-16-11/h2-4,6H,5,13H2,1H3. The first kappa shape index (κ1) is 11.2. The van der Waals surface area contributed by atoms with E-state index in [1.165, 1.54) is 0 Å². The molecular weight excluding hydrogens is 272 g/mol. The van der Waals surface area contributed by atoms with Crippen molar-refractivity contribution in [2.24, 2.45) is 5.73 Å². The number of halogens is 1. The van der Waals surface area contributed by atoms with Crippen molar-refractivity contribution < 1.29 is 9.15 Å². The predicted octanol–water partition coefficient (Wildman–Crippen LogP) is 2.57. The van der Waals surface area contributed by atoms with Gasteiger partial charge in [-0.05, 0) is 18.2 Å². The van der Waals surface area contributed by atoms with Crippen LogP contribution < -0.4 is 10.5 Å². The number of hydrogen-bond acceptors (Lipinski definition) is 4. The summed E-state index contributed by atoms with van der Waals surface area (Å²) >= 11 is 3.38. The molecule has 1 aromatic heterocycles. The molecule has 0 saturated carbocycles. The lowest BCUT2D eigenvalue weighted by Gasteiger charge is -2.05. The third-order valence-electron chi connectivity index (χ3n) is 2.15. The SMILES string of the molecule is COc1cc(Br)ccc1-c1nc(CN)co1. The van der Waals surface area contributed by atoms with Gasteiger partial charge in [0.25, 0.3) is 0 Å². The Labute approximate surface area is 102 Å². The van der Waals surface area contributed by atoms with Crippen LogP contribution in [0, 0.1) is 0 Å². The molecule has 0 aliphatic heterocycles. The molecule has 0 saturated heterocycles. The second-order valence-corrected chi connectivity index (χ2v) is 4.11. The highest BCUT2D eigenvalue weighted by molar-refractivity contribution is 9.10. The van der Waals surface area contributed by atoms with Crippen molar-refractivity contribution in [1.82, 2.24) is 4.98 Å². The average Bonchev–Trinajstić information content (AvgIpc) is 2.77. The van der Waals surface area contributed by atoms with E-state index in [9.17, 15) is 0 Å². The number of nitrogens with zero attached hydrogens (tertiary/aromatic N) is 1. The van der Waals surface area contributed by atoms with Crippen LogP contribution in [0.3, 0.4) is 0 Å². The van der Waals surface area contributed by atoms with Gasteiger partial charge in [-0.2, -0.15) is 0 Å². The van der Waals surface area contributed by atoms with Gasteiger partial charge in [0.05, 0.1) is 18.4 Å². The van der Waals surface area contributed by atoms with Crippen molar-refractivity contribution >= 4 is 15.9 Å². The summed E-state index contributed by atoms with van der Waals surface area (Å²) in [5.74, 6) is 1.23. The van der Waals surface area contributed by atoms with E-state index in [2.05, 4.69) is 20.9 Å². The fourth-order valence-corrected chi connectivity index (χ4v) is 1.71. The predicted molar refractivity (Wildman–Crippen MR) is 64.1 cm³/mol. The van der Waals surface area contributed by atoms with Crippen LogP contribution in [0.5, 0.6) is 5.75 Å². The summed E-state index contributed by atoms with van der Waals surface area (Å²) in [6.45, 7) is 0.363. The summed E-state index contributed by atoms with van der Waals surface area (Å²) in [4.78, 5) is 4.25. The minimum absolute atomic E-state index is 0.363. The van der Waals surface area contributed by atoms with E-state index in [0.717, 1.165) is 15.7 Å². The van der Waals surface area contributed by atoms with Gasteiger partial charge in [-0.25, -0.2) is 4.98 Å². The second kappa shape index (κ2) is 4.67. The van der Waals surface area contributed by atoms with E-state index in [1.807, 2.05) is 18.2 Å². The molecule has 4 nitrogen and oxygen atoms in total. The first-order valence-corrected chi connectivity index (χ1v) is 5.52. The van der Waals surface area contributed by atoms with Crippen LogP contribution in [0.2, 0.25) is 0 Å². The summed E-state index contributed by atoms with van der Waals surface area (Å²) in [6, 6.07) is 5.65. The van der Waals surface area contributed by atoms with Crippen molar-refractivity contribution in [3.05, 3.63) is 34.6 Å². The lowest BCUT2D eigenvalue weighted by Crippen LogP contribution is -1.96. The molecule has 0 aliphatic carbocycles. The van der Waals surface area contributed by atoms with E-state index in [-0.39, 0.29) is 0 Å². The van der Waals surface area contributed by atoms with Gasteiger partial charge in [0.2, 0.25) is 5.89 Å². The summed E-state index contributed by atoms with van der Waals surface area (Å²) in [5.41, 5.74) is 7.01. The fourth-order valence-electron chi connectivity index (χ4n) is 1.37. The first-order chi connectivity index (χ1) is 7.74. The quantitative estimate of drug-likeness (QED) is 0.940. The molecule has 0 aliphatic rings.